The van der Waals surface area contributed by atoms with E-state index < -0.39 is 0 Å². The molecule has 140 valence electrons. The summed E-state index contributed by atoms with van der Waals surface area (Å²) >= 11 is 0. The van der Waals surface area contributed by atoms with Gasteiger partial charge in [0.2, 0.25) is 5.91 Å². The molecule has 2 N–H and O–H groups in total. The number of likely N-dealkylation sites (tertiary alicyclic amines) is 1. The number of nitrogens with zero attached hydrogens (tertiary/aromatic N) is 1. The van der Waals surface area contributed by atoms with Crippen LogP contribution < -0.4 is 10.9 Å². The zero-order valence-corrected chi connectivity index (χ0v) is 15.6. The van der Waals surface area contributed by atoms with Crippen LogP contribution in [0.5, 0.6) is 0 Å². The van der Waals surface area contributed by atoms with Gasteiger partial charge in [-0.25, -0.2) is 0 Å². The highest BCUT2D eigenvalue weighted by molar-refractivity contribution is 5.79. The van der Waals surface area contributed by atoms with Crippen LogP contribution in [0, 0.1) is 5.92 Å². The van der Waals surface area contributed by atoms with Crippen LogP contribution in [0.4, 0.5) is 0 Å². The Morgan fingerprint density at radius 3 is 3.04 bits per heavy atom. The van der Waals surface area contributed by atoms with Crippen LogP contribution in [0.1, 0.15) is 38.2 Å². The number of hydrogen-bond acceptors (Lipinski definition) is 3. The molecule has 3 rings (SSSR count). The number of piperidine rings is 1. The molecular weight excluding hydrogens is 326 g/mol. The number of aromatic nitrogens is 1. The summed E-state index contributed by atoms with van der Waals surface area (Å²) in [6.07, 6.45) is 4.42. The zero-order chi connectivity index (χ0) is 18.4. The number of pyridine rings is 1. The molecular formula is C21H29N3O2. The normalized spacial score (nSPS) is 18.1. The lowest BCUT2D eigenvalue weighted by atomic mass is 10.0. The third kappa shape index (κ3) is 5.18. The van der Waals surface area contributed by atoms with Crippen LogP contribution in [0.25, 0.3) is 10.9 Å². The number of fused-ring (bicyclic) bond motifs is 1. The first-order valence-corrected chi connectivity index (χ1v) is 9.72. The summed E-state index contributed by atoms with van der Waals surface area (Å²) in [6.45, 7) is 6.43. The van der Waals surface area contributed by atoms with Crippen molar-refractivity contribution in [1.82, 2.24) is 15.2 Å². The van der Waals surface area contributed by atoms with Gasteiger partial charge in [-0.15, -0.1) is 0 Å². The van der Waals surface area contributed by atoms with Gasteiger partial charge in [-0.2, -0.15) is 0 Å². The monoisotopic (exact) mass is 355 g/mol. The van der Waals surface area contributed by atoms with Crippen molar-refractivity contribution >= 4 is 16.8 Å². The minimum Gasteiger partial charge on any atom is -0.356 e. The van der Waals surface area contributed by atoms with E-state index in [-0.39, 0.29) is 11.5 Å². The fourth-order valence-corrected chi connectivity index (χ4v) is 3.74. The van der Waals surface area contributed by atoms with E-state index in [1.165, 1.54) is 25.9 Å². The van der Waals surface area contributed by atoms with Gasteiger partial charge in [0.1, 0.15) is 0 Å². The van der Waals surface area contributed by atoms with Crippen molar-refractivity contribution in [3.05, 3.63) is 46.2 Å². The Kier molecular flexibility index (Phi) is 6.45. The zero-order valence-electron chi connectivity index (χ0n) is 15.6. The molecule has 0 bridgehead atoms. The van der Waals surface area contributed by atoms with Gasteiger partial charge in [-0.05, 0) is 62.2 Å². The number of aryl methyl sites for hydroxylation is 1. The lowest BCUT2D eigenvalue weighted by Gasteiger charge is -2.30. The third-order valence-electron chi connectivity index (χ3n) is 5.17. The van der Waals surface area contributed by atoms with E-state index in [0.29, 0.717) is 24.9 Å². The summed E-state index contributed by atoms with van der Waals surface area (Å²) in [7, 11) is 0. The number of para-hydroxylation sites is 1. The van der Waals surface area contributed by atoms with Gasteiger partial charge >= 0.3 is 0 Å². The van der Waals surface area contributed by atoms with Crippen molar-refractivity contribution in [3.63, 3.8) is 0 Å². The SMILES string of the molecule is CC1CCCN(CCCNC(=O)CCc2cc3ccccc3[nH]c2=O)C1. The largest absolute Gasteiger partial charge is 0.356 e. The molecule has 2 aromatic rings. The van der Waals surface area contributed by atoms with E-state index in [2.05, 4.69) is 22.1 Å². The smallest absolute Gasteiger partial charge is 0.251 e. The predicted molar refractivity (Wildman–Crippen MR) is 105 cm³/mol. The first-order valence-electron chi connectivity index (χ1n) is 9.72. The summed E-state index contributed by atoms with van der Waals surface area (Å²) in [6, 6.07) is 9.59. The van der Waals surface area contributed by atoms with Crippen LogP contribution in [0.3, 0.4) is 0 Å². The van der Waals surface area contributed by atoms with Gasteiger partial charge in [0.05, 0.1) is 0 Å². The maximum absolute atomic E-state index is 12.1. The Morgan fingerprint density at radius 1 is 1.35 bits per heavy atom. The third-order valence-corrected chi connectivity index (χ3v) is 5.17. The molecule has 1 saturated heterocycles. The molecule has 5 heteroatoms. The maximum Gasteiger partial charge on any atom is 0.251 e. The van der Waals surface area contributed by atoms with E-state index in [9.17, 15) is 9.59 Å². The first kappa shape index (κ1) is 18.6. The van der Waals surface area contributed by atoms with Crippen LogP contribution in [0.2, 0.25) is 0 Å². The molecule has 5 nitrogen and oxygen atoms in total. The Labute approximate surface area is 154 Å². The highest BCUT2D eigenvalue weighted by atomic mass is 16.1. The number of amides is 1. The number of aromatic amines is 1. The van der Waals surface area contributed by atoms with Gasteiger partial charge < -0.3 is 15.2 Å². The maximum atomic E-state index is 12.1. The van der Waals surface area contributed by atoms with E-state index in [1.54, 1.807) is 0 Å². The van der Waals surface area contributed by atoms with Gasteiger partial charge in [0.15, 0.2) is 0 Å². The Hall–Kier alpha value is -2.14. The van der Waals surface area contributed by atoms with Crippen molar-refractivity contribution in [2.45, 2.75) is 39.0 Å². The average molecular weight is 355 g/mol. The van der Waals surface area contributed by atoms with Crippen molar-refractivity contribution in [3.8, 4) is 0 Å². The number of carbonyl (C=O) groups is 1. The minimum atomic E-state index is -0.101. The molecule has 1 unspecified atom stereocenters. The number of nitrogens with one attached hydrogen (secondary N) is 2. The molecule has 2 heterocycles. The molecule has 1 aromatic heterocycles. The van der Waals surface area contributed by atoms with E-state index in [0.717, 1.165) is 29.8 Å². The fourth-order valence-electron chi connectivity index (χ4n) is 3.74. The first-order chi connectivity index (χ1) is 12.6. The van der Waals surface area contributed by atoms with Crippen molar-refractivity contribution in [1.29, 1.82) is 0 Å². The number of benzene rings is 1. The Morgan fingerprint density at radius 2 is 2.19 bits per heavy atom. The van der Waals surface area contributed by atoms with Gasteiger partial charge in [0.25, 0.3) is 5.56 Å². The molecule has 1 amide bonds. The molecule has 26 heavy (non-hydrogen) atoms. The van der Waals surface area contributed by atoms with Crippen molar-refractivity contribution < 1.29 is 4.79 Å². The second-order valence-electron chi connectivity index (χ2n) is 7.46. The Balaban J connectivity index is 1.40. The molecule has 0 aliphatic carbocycles. The van der Waals surface area contributed by atoms with Crippen molar-refractivity contribution in [2.24, 2.45) is 5.92 Å². The fraction of sp³-hybridized carbons (Fsp3) is 0.524. The summed E-state index contributed by atoms with van der Waals surface area (Å²) in [5.74, 6) is 0.808. The predicted octanol–water partition coefficient (Wildman–Crippen LogP) is 2.70. The highest BCUT2D eigenvalue weighted by Gasteiger charge is 2.15. The number of rotatable bonds is 7. The number of H-pyrrole nitrogens is 1. The molecule has 1 aromatic carbocycles. The highest BCUT2D eigenvalue weighted by Crippen LogP contribution is 2.15. The second kappa shape index (κ2) is 8.99. The molecule has 0 spiro atoms. The van der Waals surface area contributed by atoms with Crippen LogP contribution in [-0.4, -0.2) is 42.0 Å². The van der Waals surface area contributed by atoms with Crippen molar-refractivity contribution in [2.75, 3.05) is 26.2 Å². The van der Waals surface area contributed by atoms with Gasteiger partial charge in [0, 0.05) is 30.6 Å². The molecule has 0 saturated carbocycles. The molecule has 1 aliphatic heterocycles. The second-order valence-corrected chi connectivity index (χ2v) is 7.46. The molecule has 1 fully saturated rings. The number of carbonyl (C=O) groups excluding carboxylic acids is 1. The summed E-state index contributed by atoms with van der Waals surface area (Å²) in [5.41, 5.74) is 1.40. The molecule has 1 aliphatic rings. The van der Waals surface area contributed by atoms with Crippen LogP contribution in [0.15, 0.2) is 35.1 Å². The molecule has 0 radical (unpaired) electrons. The molecule has 1 atom stereocenters. The topological polar surface area (TPSA) is 65.2 Å². The lowest BCUT2D eigenvalue weighted by molar-refractivity contribution is -0.121. The lowest BCUT2D eigenvalue weighted by Crippen LogP contribution is -2.36. The quantitative estimate of drug-likeness (QED) is 0.751. The van der Waals surface area contributed by atoms with E-state index in [4.69, 9.17) is 0 Å². The van der Waals surface area contributed by atoms with Crippen LogP contribution >= 0.6 is 0 Å². The number of hydrogen-bond donors (Lipinski definition) is 2. The van der Waals surface area contributed by atoms with Gasteiger partial charge in [-0.1, -0.05) is 25.1 Å². The summed E-state index contributed by atoms with van der Waals surface area (Å²) in [5, 5.41) is 3.98. The van der Waals surface area contributed by atoms with E-state index >= 15 is 0 Å². The van der Waals surface area contributed by atoms with Gasteiger partial charge in [-0.3, -0.25) is 9.59 Å². The van der Waals surface area contributed by atoms with E-state index in [1.807, 2.05) is 30.3 Å². The van der Waals surface area contributed by atoms with Crippen LogP contribution in [-0.2, 0) is 11.2 Å². The minimum absolute atomic E-state index is 0.0181. The summed E-state index contributed by atoms with van der Waals surface area (Å²) < 4.78 is 0. The standard InChI is InChI=1S/C21H29N3O2/c1-16-6-4-12-24(15-16)13-5-11-22-20(25)10-9-18-14-17-7-2-3-8-19(17)23-21(18)26/h2-3,7-8,14,16H,4-6,9-13,15H2,1H3,(H,22,25)(H,23,26). The average Bonchev–Trinajstić information content (AvgIpc) is 2.63. The summed E-state index contributed by atoms with van der Waals surface area (Å²) in [4.78, 5) is 29.5. The Bertz CT molecular complexity index is 799.